The fraction of sp³-hybridized carbons (Fsp3) is 0.500. The molecule has 2 aromatic rings. The SMILES string of the molecule is Cc1cc(C)cc(NC(=O)C(c2ccccc2)N2CCC(C(=O)N3CCCCCC3)CC2)c1. The van der Waals surface area contributed by atoms with Crippen LogP contribution in [0.25, 0.3) is 0 Å². The fourth-order valence-electron chi connectivity index (χ4n) is 5.37. The lowest BCUT2D eigenvalue weighted by atomic mass is 9.92. The van der Waals surface area contributed by atoms with Crippen molar-refractivity contribution in [2.45, 2.75) is 58.4 Å². The van der Waals surface area contributed by atoms with Gasteiger partial charge in [-0.15, -0.1) is 0 Å². The van der Waals surface area contributed by atoms with Gasteiger partial charge in [0.1, 0.15) is 6.04 Å². The Hall–Kier alpha value is -2.66. The first-order valence-corrected chi connectivity index (χ1v) is 12.5. The Morgan fingerprint density at radius 3 is 2.06 bits per heavy atom. The number of nitrogens with zero attached hydrogens (tertiary/aromatic N) is 2. The highest BCUT2D eigenvalue weighted by atomic mass is 16.2. The average Bonchev–Trinajstić information content (AvgIpc) is 3.09. The summed E-state index contributed by atoms with van der Waals surface area (Å²) in [5, 5.41) is 3.16. The van der Waals surface area contributed by atoms with E-state index >= 15 is 0 Å². The van der Waals surface area contributed by atoms with Gasteiger partial charge < -0.3 is 10.2 Å². The molecule has 5 nitrogen and oxygen atoms in total. The number of carbonyl (C=O) groups is 2. The number of likely N-dealkylation sites (tertiary alicyclic amines) is 2. The molecule has 0 spiro atoms. The standard InChI is InChI=1S/C28H37N3O2/c1-21-18-22(2)20-25(19-21)29-27(32)26(23-10-6-5-7-11-23)30-16-12-24(13-17-30)28(33)31-14-8-3-4-9-15-31/h5-7,10-11,18-20,24,26H,3-4,8-9,12-17H2,1-2H3,(H,29,32). The molecule has 2 fully saturated rings. The van der Waals surface area contributed by atoms with Gasteiger partial charge in [0.05, 0.1) is 0 Å². The Kier molecular flexibility index (Phi) is 7.81. The van der Waals surface area contributed by atoms with Crippen LogP contribution in [0, 0.1) is 19.8 Å². The van der Waals surface area contributed by atoms with Gasteiger partial charge in [-0.3, -0.25) is 14.5 Å². The van der Waals surface area contributed by atoms with E-state index in [1.54, 1.807) is 0 Å². The fourth-order valence-corrected chi connectivity index (χ4v) is 5.37. The molecule has 0 aliphatic carbocycles. The molecule has 1 unspecified atom stereocenters. The first kappa shape index (κ1) is 23.5. The van der Waals surface area contributed by atoms with E-state index in [0.29, 0.717) is 5.91 Å². The number of nitrogens with one attached hydrogen (secondary N) is 1. The molecule has 2 aromatic carbocycles. The van der Waals surface area contributed by atoms with Crippen LogP contribution in [-0.4, -0.2) is 47.8 Å². The topological polar surface area (TPSA) is 52.7 Å². The number of aryl methyl sites for hydroxylation is 2. The van der Waals surface area contributed by atoms with Gasteiger partial charge in [-0.2, -0.15) is 0 Å². The largest absolute Gasteiger partial charge is 0.342 e. The molecule has 176 valence electrons. The van der Waals surface area contributed by atoms with E-state index in [9.17, 15) is 9.59 Å². The van der Waals surface area contributed by atoms with Gasteiger partial charge in [-0.1, -0.05) is 49.2 Å². The van der Waals surface area contributed by atoms with Crippen LogP contribution < -0.4 is 5.32 Å². The van der Waals surface area contributed by atoms with E-state index in [-0.39, 0.29) is 17.9 Å². The molecule has 0 saturated carbocycles. The second-order valence-corrected chi connectivity index (χ2v) is 9.73. The number of carbonyl (C=O) groups excluding carboxylic acids is 2. The molecule has 2 aliphatic rings. The van der Waals surface area contributed by atoms with E-state index < -0.39 is 0 Å². The summed E-state index contributed by atoms with van der Waals surface area (Å²) >= 11 is 0. The summed E-state index contributed by atoms with van der Waals surface area (Å²) in [6.45, 7) is 7.41. The summed E-state index contributed by atoms with van der Waals surface area (Å²) in [5.74, 6) is 0.397. The van der Waals surface area contributed by atoms with Crippen LogP contribution in [0.15, 0.2) is 48.5 Å². The number of benzene rings is 2. The van der Waals surface area contributed by atoms with Crippen LogP contribution in [-0.2, 0) is 9.59 Å². The monoisotopic (exact) mass is 447 g/mol. The summed E-state index contributed by atoms with van der Waals surface area (Å²) in [4.78, 5) is 31.0. The van der Waals surface area contributed by atoms with E-state index in [1.807, 2.05) is 56.3 Å². The zero-order chi connectivity index (χ0) is 23.2. The van der Waals surface area contributed by atoms with Gasteiger partial charge in [0.2, 0.25) is 11.8 Å². The molecule has 0 bridgehead atoms. The molecule has 2 heterocycles. The van der Waals surface area contributed by atoms with Crippen molar-refractivity contribution in [3.8, 4) is 0 Å². The Balaban J connectivity index is 1.46. The van der Waals surface area contributed by atoms with E-state index in [1.165, 1.54) is 12.8 Å². The van der Waals surface area contributed by atoms with E-state index in [0.717, 1.165) is 74.2 Å². The Morgan fingerprint density at radius 2 is 1.45 bits per heavy atom. The third-order valence-electron chi connectivity index (χ3n) is 7.01. The van der Waals surface area contributed by atoms with Crippen LogP contribution in [0.4, 0.5) is 5.69 Å². The van der Waals surface area contributed by atoms with Crippen molar-refractivity contribution in [2.75, 3.05) is 31.5 Å². The molecule has 2 amide bonds. The van der Waals surface area contributed by atoms with Gasteiger partial charge in [0.15, 0.2) is 0 Å². The number of amides is 2. The Labute approximate surface area is 198 Å². The molecule has 33 heavy (non-hydrogen) atoms. The lowest BCUT2D eigenvalue weighted by Crippen LogP contribution is -2.46. The summed E-state index contributed by atoms with van der Waals surface area (Å²) in [5.41, 5.74) is 4.10. The molecular formula is C28H37N3O2. The normalized spacial score (nSPS) is 19.0. The van der Waals surface area contributed by atoms with Crippen LogP contribution in [0.1, 0.15) is 61.3 Å². The summed E-state index contributed by atoms with van der Waals surface area (Å²) in [7, 11) is 0. The predicted octanol–water partition coefficient (Wildman–Crippen LogP) is 5.10. The maximum atomic E-state index is 13.5. The lowest BCUT2D eigenvalue weighted by Gasteiger charge is -2.38. The van der Waals surface area contributed by atoms with E-state index in [4.69, 9.17) is 0 Å². The number of anilines is 1. The minimum absolute atomic E-state index is 0.0107. The number of rotatable bonds is 5. The van der Waals surface area contributed by atoms with Gasteiger partial charge in [0, 0.05) is 24.7 Å². The van der Waals surface area contributed by atoms with Crippen LogP contribution in [0.3, 0.4) is 0 Å². The lowest BCUT2D eigenvalue weighted by molar-refractivity contribution is -0.137. The summed E-state index contributed by atoms with van der Waals surface area (Å²) in [6, 6.07) is 15.8. The molecule has 2 aliphatic heterocycles. The molecule has 1 N–H and O–H groups in total. The van der Waals surface area contributed by atoms with Crippen molar-refractivity contribution in [1.82, 2.24) is 9.80 Å². The number of piperidine rings is 1. The zero-order valence-electron chi connectivity index (χ0n) is 20.1. The van der Waals surface area contributed by atoms with Gasteiger partial charge >= 0.3 is 0 Å². The molecular weight excluding hydrogens is 410 g/mol. The highest BCUT2D eigenvalue weighted by Gasteiger charge is 2.34. The summed E-state index contributed by atoms with van der Waals surface area (Å²) in [6.07, 6.45) is 6.34. The third kappa shape index (κ3) is 6.02. The smallest absolute Gasteiger partial charge is 0.246 e. The molecule has 5 heteroatoms. The third-order valence-corrected chi connectivity index (χ3v) is 7.01. The van der Waals surface area contributed by atoms with Crippen molar-refractivity contribution in [3.63, 3.8) is 0 Å². The first-order valence-electron chi connectivity index (χ1n) is 12.5. The second kappa shape index (κ2) is 11.0. The van der Waals surface area contributed by atoms with Gasteiger partial charge in [-0.05, 0) is 81.4 Å². The minimum atomic E-state index is -0.360. The number of hydrogen-bond donors (Lipinski definition) is 1. The quantitative estimate of drug-likeness (QED) is 0.694. The highest BCUT2D eigenvalue weighted by molar-refractivity contribution is 5.95. The zero-order valence-corrected chi connectivity index (χ0v) is 20.1. The van der Waals surface area contributed by atoms with Gasteiger partial charge in [-0.25, -0.2) is 0 Å². The Morgan fingerprint density at radius 1 is 0.848 bits per heavy atom. The first-order chi connectivity index (χ1) is 16.0. The molecule has 1 atom stereocenters. The predicted molar refractivity (Wildman–Crippen MR) is 133 cm³/mol. The van der Waals surface area contributed by atoms with Crippen molar-refractivity contribution in [3.05, 3.63) is 65.2 Å². The molecule has 0 aromatic heterocycles. The molecule has 2 saturated heterocycles. The minimum Gasteiger partial charge on any atom is -0.342 e. The Bertz CT molecular complexity index is 923. The molecule has 4 rings (SSSR count). The maximum Gasteiger partial charge on any atom is 0.246 e. The average molecular weight is 448 g/mol. The van der Waals surface area contributed by atoms with Crippen LogP contribution in [0.2, 0.25) is 0 Å². The van der Waals surface area contributed by atoms with E-state index in [2.05, 4.69) is 21.2 Å². The van der Waals surface area contributed by atoms with Crippen molar-refractivity contribution < 1.29 is 9.59 Å². The van der Waals surface area contributed by atoms with Crippen LogP contribution in [0.5, 0.6) is 0 Å². The van der Waals surface area contributed by atoms with Crippen molar-refractivity contribution >= 4 is 17.5 Å². The number of hydrogen-bond acceptors (Lipinski definition) is 3. The highest BCUT2D eigenvalue weighted by Crippen LogP contribution is 2.30. The van der Waals surface area contributed by atoms with Gasteiger partial charge in [0.25, 0.3) is 0 Å². The maximum absolute atomic E-state index is 13.5. The molecule has 0 radical (unpaired) electrons. The second-order valence-electron chi connectivity index (χ2n) is 9.73. The van der Waals surface area contributed by atoms with Crippen LogP contribution >= 0.6 is 0 Å². The van der Waals surface area contributed by atoms with Crippen molar-refractivity contribution in [1.29, 1.82) is 0 Å². The summed E-state index contributed by atoms with van der Waals surface area (Å²) < 4.78 is 0. The van der Waals surface area contributed by atoms with Crippen molar-refractivity contribution in [2.24, 2.45) is 5.92 Å².